The van der Waals surface area contributed by atoms with Crippen LogP contribution in [0.2, 0.25) is 0 Å². The SMILES string of the molecule is CNC(c1cncnc1)C1CN2CCN1CC2. The minimum absolute atomic E-state index is 0.333. The van der Waals surface area contributed by atoms with Crippen molar-refractivity contribution < 1.29 is 0 Å². The first-order valence-corrected chi connectivity index (χ1v) is 6.27. The van der Waals surface area contributed by atoms with E-state index >= 15 is 0 Å². The van der Waals surface area contributed by atoms with Gasteiger partial charge in [0, 0.05) is 56.7 Å². The van der Waals surface area contributed by atoms with Crippen molar-refractivity contribution in [3.05, 3.63) is 24.3 Å². The first-order valence-electron chi connectivity index (χ1n) is 6.27. The van der Waals surface area contributed by atoms with Crippen LogP contribution < -0.4 is 5.32 Å². The zero-order valence-electron chi connectivity index (χ0n) is 10.2. The van der Waals surface area contributed by atoms with Gasteiger partial charge >= 0.3 is 0 Å². The van der Waals surface area contributed by atoms with E-state index in [4.69, 9.17) is 0 Å². The molecule has 3 aliphatic heterocycles. The molecular formula is C12H19N5. The smallest absolute Gasteiger partial charge is 0.115 e. The lowest BCUT2D eigenvalue weighted by Gasteiger charge is -2.50. The van der Waals surface area contributed by atoms with Crippen LogP contribution in [0.25, 0.3) is 0 Å². The molecule has 0 aromatic carbocycles. The molecule has 1 N–H and O–H groups in total. The summed E-state index contributed by atoms with van der Waals surface area (Å²) in [5, 5.41) is 3.42. The first-order chi connectivity index (χ1) is 8.38. The average molecular weight is 233 g/mol. The zero-order chi connectivity index (χ0) is 11.7. The number of fused-ring (bicyclic) bond motifs is 3. The molecule has 3 saturated heterocycles. The van der Waals surface area contributed by atoms with Crippen LogP contribution in [-0.4, -0.2) is 65.6 Å². The molecular weight excluding hydrogens is 214 g/mol. The summed E-state index contributed by atoms with van der Waals surface area (Å²) in [6.07, 6.45) is 5.44. The Kier molecular flexibility index (Phi) is 3.05. The number of aromatic nitrogens is 2. The lowest BCUT2D eigenvalue weighted by atomic mass is 9.96. The van der Waals surface area contributed by atoms with E-state index in [1.165, 1.54) is 31.7 Å². The number of hydrogen-bond acceptors (Lipinski definition) is 5. The monoisotopic (exact) mass is 233 g/mol. The fourth-order valence-corrected chi connectivity index (χ4v) is 3.03. The van der Waals surface area contributed by atoms with Crippen LogP contribution in [-0.2, 0) is 0 Å². The number of nitrogens with one attached hydrogen (secondary N) is 1. The van der Waals surface area contributed by atoms with Gasteiger partial charge in [-0.1, -0.05) is 0 Å². The predicted octanol–water partition coefficient (Wildman–Crippen LogP) is -0.263. The maximum atomic E-state index is 4.13. The highest BCUT2D eigenvalue weighted by molar-refractivity contribution is 5.14. The Morgan fingerprint density at radius 2 is 1.94 bits per heavy atom. The van der Waals surface area contributed by atoms with Crippen molar-refractivity contribution in [2.75, 3.05) is 39.8 Å². The molecule has 0 spiro atoms. The van der Waals surface area contributed by atoms with Gasteiger partial charge in [-0.15, -0.1) is 0 Å². The fraction of sp³-hybridized carbons (Fsp3) is 0.667. The largest absolute Gasteiger partial charge is 0.312 e. The summed E-state index contributed by atoms with van der Waals surface area (Å²) < 4.78 is 0. The lowest BCUT2D eigenvalue weighted by Crippen LogP contribution is -2.63. The summed E-state index contributed by atoms with van der Waals surface area (Å²) in [5.74, 6) is 0. The van der Waals surface area contributed by atoms with Crippen molar-refractivity contribution in [1.29, 1.82) is 0 Å². The van der Waals surface area contributed by atoms with Crippen LogP contribution in [0.4, 0.5) is 0 Å². The maximum Gasteiger partial charge on any atom is 0.115 e. The molecule has 0 amide bonds. The van der Waals surface area contributed by atoms with Gasteiger partial charge in [0.05, 0.1) is 6.04 Å². The molecule has 3 aliphatic rings. The minimum Gasteiger partial charge on any atom is -0.312 e. The van der Waals surface area contributed by atoms with Crippen molar-refractivity contribution in [2.45, 2.75) is 12.1 Å². The van der Waals surface area contributed by atoms with Crippen LogP contribution in [0.1, 0.15) is 11.6 Å². The van der Waals surface area contributed by atoms with Crippen molar-refractivity contribution in [2.24, 2.45) is 0 Å². The van der Waals surface area contributed by atoms with E-state index in [9.17, 15) is 0 Å². The van der Waals surface area contributed by atoms with Crippen molar-refractivity contribution in [3.8, 4) is 0 Å². The van der Waals surface area contributed by atoms with Gasteiger partial charge in [-0.3, -0.25) is 9.80 Å². The van der Waals surface area contributed by atoms with Crippen LogP contribution in [0, 0.1) is 0 Å². The van der Waals surface area contributed by atoms with E-state index in [1.54, 1.807) is 6.33 Å². The van der Waals surface area contributed by atoms with Gasteiger partial charge in [0.25, 0.3) is 0 Å². The van der Waals surface area contributed by atoms with Gasteiger partial charge in [0.15, 0.2) is 0 Å². The van der Waals surface area contributed by atoms with Gasteiger partial charge in [0.2, 0.25) is 0 Å². The Morgan fingerprint density at radius 1 is 1.24 bits per heavy atom. The Balaban J connectivity index is 1.82. The Bertz CT molecular complexity index is 360. The van der Waals surface area contributed by atoms with E-state index in [-0.39, 0.29) is 0 Å². The molecule has 5 heteroatoms. The predicted molar refractivity (Wildman–Crippen MR) is 65.6 cm³/mol. The standard InChI is InChI=1S/C12H19N5/c1-13-12(10-6-14-9-15-7-10)11-8-16-2-4-17(11)5-3-16/h6-7,9,11-13H,2-5,8H2,1H3. The van der Waals surface area contributed by atoms with Gasteiger partial charge in [-0.2, -0.15) is 0 Å². The minimum atomic E-state index is 0.333. The lowest BCUT2D eigenvalue weighted by molar-refractivity contribution is -0.00264. The molecule has 0 saturated carbocycles. The van der Waals surface area contributed by atoms with Gasteiger partial charge in [0.1, 0.15) is 6.33 Å². The summed E-state index contributed by atoms with van der Waals surface area (Å²) in [7, 11) is 2.02. The third-order valence-electron chi connectivity index (χ3n) is 3.96. The second kappa shape index (κ2) is 4.68. The molecule has 2 unspecified atom stereocenters. The number of nitrogens with zero attached hydrogens (tertiary/aromatic N) is 4. The molecule has 0 aliphatic carbocycles. The third-order valence-corrected chi connectivity index (χ3v) is 3.96. The van der Waals surface area contributed by atoms with Gasteiger partial charge < -0.3 is 5.32 Å². The second-order valence-electron chi connectivity index (χ2n) is 4.84. The Hall–Kier alpha value is -1.04. The van der Waals surface area contributed by atoms with Gasteiger partial charge in [-0.25, -0.2) is 9.97 Å². The number of likely N-dealkylation sites (N-methyl/N-ethyl adjacent to an activating group) is 1. The molecule has 1 aromatic heterocycles. The van der Waals surface area contributed by atoms with Crippen LogP contribution in [0.5, 0.6) is 0 Å². The molecule has 0 radical (unpaired) electrons. The Morgan fingerprint density at radius 3 is 2.47 bits per heavy atom. The maximum absolute atomic E-state index is 4.13. The zero-order valence-corrected chi connectivity index (χ0v) is 10.2. The summed E-state index contributed by atoms with van der Waals surface area (Å²) in [5.41, 5.74) is 1.19. The van der Waals surface area contributed by atoms with Crippen LogP contribution in [0.3, 0.4) is 0 Å². The van der Waals surface area contributed by atoms with E-state index < -0.39 is 0 Å². The van der Waals surface area contributed by atoms with Crippen molar-refractivity contribution >= 4 is 0 Å². The molecule has 3 fully saturated rings. The van der Waals surface area contributed by atoms with E-state index in [1.807, 2.05) is 19.4 Å². The molecule has 2 atom stereocenters. The second-order valence-corrected chi connectivity index (χ2v) is 4.84. The summed E-state index contributed by atoms with van der Waals surface area (Å²) in [6.45, 7) is 5.98. The van der Waals surface area contributed by atoms with Crippen molar-refractivity contribution in [1.82, 2.24) is 25.1 Å². The highest BCUT2D eigenvalue weighted by Crippen LogP contribution is 2.26. The molecule has 2 bridgehead atoms. The average Bonchev–Trinajstić information content (AvgIpc) is 2.42. The number of hydrogen-bond donors (Lipinski definition) is 1. The van der Waals surface area contributed by atoms with E-state index in [0.29, 0.717) is 12.1 Å². The third kappa shape index (κ3) is 2.06. The summed E-state index contributed by atoms with van der Waals surface area (Å²) >= 11 is 0. The molecule has 4 rings (SSSR count). The quantitative estimate of drug-likeness (QED) is 0.779. The number of rotatable bonds is 3. The molecule has 17 heavy (non-hydrogen) atoms. The summed E-state index contributed by atoms with van der Waals surface area (Å²) in [6, 6.07) is 0.882. The molecule has 92 valence electrons. The topological polar surface area (TPSA) is 44.3 Å². The van der Waals surface area contributed by atoms with Gasteiger partial charge in [-0.05, 0) is 7.05 Å². The summed E-state index contributed by atoms with van der Waals surface area (Å²) in [4.78, 5) is 13.4. The number of piperazine rings is 3. The molecule has 5 nitrogen and oxygen atoms in total. The van der Waals surface area contributed by atoms with E-state index in [0.717, 1.165) is 6.54 Å². The normalized spacial score (nSPS) is 33.6. The van der Waals surface area contributed by atoms with Crippen LogP contribution >= 0.6 is 0 Å². The van der Waals surface area contributed by atoms with Crippen LogP contribution in [0.15, 0.2) is 18.7 Å². The molecule has 1 aromatic rings. The highest BCUT2D eigenvalue weighted by Gasteiger charge is 2.36. The Labute approximate surface area is 102 Å². The fourth-order valence-electron chi connectivity index (χ4n) is 3.03. The first kappa shape index (κ1) is 11.1. The van der Waals surface area contributed by atoms with Crippen molar-refractivity contribution in [3.63, 3.8) is 0 Å². The van der Waals surface area contributed by atoms with E-state index in [2.05, 4.69) is 25.1 Å². The molecule has 4 heterocycles. The highest BCUT2D eigenvalue weighted by atomic mass is 15.4.